The van der Waals surface area contributed by atoms with Crippen LogP contribution in [0, 0.1) is 5.41 Å². The number of carboxylic acids is 1. The summed E-state index contributed by atoms with van der Waals surface area (Å²) >= 11 is 0. The van der Waals surface area contributed by atoms with E-state index in [9.17, 15) is 9.59 Å². The summed E-state index contributed by atoms with van der Waals surface area (Å²) in [6.07, 6.45) is -0.0107. The van der Waals surface area contributed by atoms with Gasteiger partial charge in [-0.2, -0.15) is 0 Å². The summed E-state index contributed by atoms with van der Waals surface area (Å²) in [5, 5.41) is 9.08. The molecule has 0 saturated carbocycles. The number of carbonyl (C=O) groups is 2. The summed E-state index contributed by atoms with van der Waals surface area (Å²) in [5.41, 5.74) is -1.40. The molecule has 1 amide bonds. The normalized spacial score (nSPS) is 12.4. The lowest BCUT2D eigenvalue weighted by Gasteiger charge is -2.32. The molecule has 0 spiro atoms. The fourth-order valence-corrected chi connectivity index (χ4v) is 1.39. The minimum Gasteiger partial charge on any atom is -0.481 e. The number of hydrogen-bond acceptors (Lipinski definition) is 3. The fourth-order valence-electron chi connectivity index (χ4n) is 1.39. The van der Waals surface area contributed by atoms with E-state index >= 15 is 0 Å². The topological polar surface area (TPSA) is 66.8 Å². The molecule has 0 aromatic heterocycles. The Labute approximate surface area is 115 Å². The Morgan fingerprint density at radius 1 is 1.16 bits per heavy atom. The summed E-state index contributed by atoms with van der Waals surface area (Å²) in [6, 6.07) is -0.0283. The molecule has 19 heavy (non-hydrogen) atoms. The van der Waals surface area contributed by atoms with Crippen LogP contribution in [-0.2, 0) is 9.53 Å². The van der Waals surface area contributed by atoms with E-state index < -0.39 is 23.1 Å². The maximum absolute atomic E-state index is 12.0. The first-order chi connectivity index (χ1) is 8.37. The summed E-state index contributed by atoms with van der Waals surface area (Å²) in [6.45, 7) is 12.9. The molecule has 0 heterocycles. The fraction of sp³-hybridized carbons (Fsp3) is 0.857. The molecule has 0 aromatic carbocycles. The first kappa shape index (κ1) is 17.7. The molecule has 5 heteroatoms. The first-order valence-corrected chi connectivity index (χ1v) is 6.60. The monoisotopic (exact) mass is 273 g/mol. The maximum Gasteiger partial charge on any atom is 0.410 e. The van der Waals surface area contributed by atoms with Crippen LogP contribution in [0.15, 0.2) is 0 Å². The van der Waals surface area contributed by atoms with E-state index in [-0.39, 0.29) is 6.04 Å². The van der Waals surface area contributed by atoms with Crippen molar-refractivity contribution < 1.29 is 19.4 Å². The molecule has 5 nitrogen and oxygen atoms in total. The van der Waals surface area contributed by atoms with Crippen molar-refractivity contribution in [3.63, 3.8) is 0 Å². The molecule has 0 rings (SSSR count). The van der Waals surface area contributed by atoms with E-state index in [2.05, 4.69) is 0 Å². The second kappa shape index (κ2) is 6.26. The zero-order valence-corrected chi connectivity index (χ0v) is 13.1. The Balaban J connectivity index is 4.69. The van der Waals surface area contributed by atoms with Gasteiger partial charge >= 0.3 is 12.1 Å². The van der Waals surface area contributed by atoms with Crippen LogP contribution in [0.25, 0.3) is 0 Å². The van der Waals surface area contributed by atoms with E-state index in [4.69, 9.17) is 9.84 Å². The van der Waals surface area contributed by atoms with Crippen molar-refractivity contribution in [2.24, 2.45) is 5.41 Å². The van der Waals surface area contributed by atoms with Gasteiger partial charge in [-0.1, -0.05) is 0 Å². The van der Waals surface area contributed by atoms with Crippen LogP contribution in [0.5, 0.6) is 0 Å². The van der Waals surface area contributed by atoms with Crippen LogP contribution in [0.3, 0.4) is 0 Å². The van der Waals surface area contributed by atoms with Crippen molar-refractivity contribution in [3.8, 4) is 0 Å². The van der Waals surface area contributed by atoms with Gasteiger partial charge in [-0.05, 0) is 54.9 Å². The molecule has 0 radical (unpaired) electrons. The number of nitrogens with zero attached hydrogens (tertiary/aromatic N) is 1. The molecule has 0 aliphatic carbocycles. The largest absolute Gasteiger partial charge is 0.481 e. The average Bonchev–Trinajstić information content (AvgIpc) is 2.13. The minimum absolute atomic E-state index is 0.0283. The smallest absolute Gasteiger partial charge is 0.410 e. The molecule has 0 bridgehead atoms. The van der Waals surface area contributed by atoms with Crippen LogP contribution in [0.4, 0.5) is 4.79 Å². The number of carbonyl (C=O) groups excluding carboxylic acids is 1. The van der Waals surface area contributed by atoms with Crippen LogP contribution < -0.4 is 0 Å². The molecule has 0 aliphatic heterocycles. The van der Waals surface area contributed by atoms with E-state index in [1.165, 1.54) is 0 Å². The molecule has 1 N–H and O–H groups in total. The van der Waals surface area contributed by atoms with Gasteiger partial charge in [-0.25, -0.2) is 4.79 Å². The van der Waals surface area contributed by atoms with Crippen LogP contribution >= 0.6 is 0 Å². The van der Waals surface area contributed by atoms with Gasteiger partial charge < -0.3 is 14.7 Å². The van der Waals surface area contributed by atoms with Gasteiger partial charge in [0.1, 0.15) is 5.60 Å². The third kappa shape index (κ3) is 6.45. The van der Waals surface area contributed by atoms with Crippen molar-refractivity contribution in [2.45, 2.75) is 66.5 Å². The van der Waals surface area contributed by atoms with Gasteiger partial charge in [-0.15, -0.1) is 0 Å². The van der Waals surface area contributed by atoms with Gasteiger partial charge in [-0.3, -0.25) is 4.79 Å². The SMILES string of the molecule is CC(C)N(CCC(C)(C)C(=O)O)C(=O)OC(C)(C)C. The van der Waals surface area contributed by atoms with E-state index in [1.807, 2.05) is 34.6 Å². The Kier molecular flexibility index (Phi) is 5.84. The molecular weight excluding hydrogens is 246 g/mol. The standard InChI is InChI=1S/C14H27NO4/c1-10(2)15(12(18)19-13(3,4)5)9-8-14(6,7)11(16)17/h10H,8-9H2,1-7H3,(H,16,17). The lowest BCUT2D eigenvalue weighted by atomic mass is 9.89. The Hall–Kier alpha value is -1.26. The number of carboxylic acid groups (broad SMARTS) is 1. The highest BCUT2D eigenvalue weighted by atomic mass is 16.6. The highest BCUT2D eigenvalue weighted by Crippen LogP contribution is 2.22. The molecule has 0 aromatic rings. The molecule has 0 unspecified atom stereocenters. The predicted octanol–water partition coefficient (Wildman–Crippen LogP) is 3.13. The average molecular weight is 273 g/mol. The number of amides is 1. The summed E-state index contributed by atoms with van der Waals surface area (Å²) in [5.74, 6) is -0.861. The molecule has 0 atom stereocenters. The zero-order valence-electron chi connectivity index (χ0n) is 13.1. The van der Waals surface area contributed by atoms with Crippen molar-refractivity contribution in [1.29, 1.82) is 0 Å². The lowest BCUT2D eigenvalue weighted by Crippen LogP contribution is -2.43. The predicted molar refractivity (Wildman–Crippen MR) is 74.1 cm³/mol. The Morgan fingerprint density at radius 2 is 1.63 bits per heavy atom. The van der Waals surface area contributed by atoms with E-state index in [0.717, 1.165) is 0 Å². The van der Waals surface area contributed by atoms with Crippen LogP contribution in [0.1, 0.15) is 54.9 Å². The van der Waals surface area contributed by atoms with Gasteiger partial charge in [0.15, 0.2) is 0 Å². The minimum atomic E-state index is -0.861. The van der Waals surface area contributed by atoms with Crippen LogP contribution in [0.2, 0.25) is 0 Å². The number of aliphatic carboxylic acids is 1. The molecule has 0 saturated heterocycles. The highest BCUT2D eigenvalue weighted by molar-refractivity contribution is 5.73. The summed E-state index contributed by atoms with van der Waals surface area (Å²) in [7, 11) is 0. The van der Waals surface area contributed by atoms with Crippen LogP contribution in [-0.4, -0.2) is 40.3 Å². The lowest BCUT2D eigenvalue weighted by molar-refractivity contribution is -0.147. The van der Waals surface area contributed by atoms with Gasteiger partial charge in [0.2, 0.25) is 0 Å². The third-order valence-electron chi connectivity index (χ3n) is 2.81. The highest BCUT2D eigenvalue weighted by Gasteiger charge is 2.30. The zero-order chi connectivity index (χ0) is 15.4. The van der Waals surface area contributed by atoms with Crippen molar-refractivity contribution in [1.82, 2.24) is 4.90 Å². The van der Waals surface area contributed by atoms with Gasteiger partial charge in [0.05, 0.1) is 5.41 Å². The maximum atomic E-state index is 12.0. The van der Waals surface area contributed by atoms with Crippen molar-refractivity contribution in [3.05, 3.63) is 0 Å². The third-order valence-corrected chi connectivity index (χ3v) is 2.81. The number of hydrogen-bond donors (Lipinski definition) is 1. The summed E-state index contributed by atoms with van der Waals surface area (Å²) < 4.78 is 5.33. The second-order valence-corrected chi connectivity index (χ2v) is 6.71. The number of ether oxygens (including phenoxy) is 1. The van der Waals surface area contributed by atoms with Crippen molar-refractivity contribution in [2.75, 3.05) is 6.54 Å². The molecule has 0 fully saturated rings. The molecular formula is C14H27NO4. The Morgan fingerprint density at radius 3 is 1.95 bits per heavy atom. The van der Waals surface area contributed by atoms with E-state index in [1.54, 1.807) is 18.7 Å². The van der Waals surface area contributed by atoms with E-state index in [0.29, 0.717) is 13.0 Å². The number of rotatable bonds is 5. The van der Waals surface area contributed by atoms with Gasteiger partial charge in [0.25, 0.3) is 0 Å². The van der Waals surface area contributed by atoms with Gasteiger partial charge in [0, 0.05) is 12.6 Å². The van der Waals surface area contributed by atoms with Crippen molar-refractivity contribution >= 4 is 12.1 Å². The molecule has 112 valence electrons. The quantitative estimate of drug-likeness (QED) is 0.835. The first-order valence-electron chi connectivity index (χ1n) is 6.60. The second-order valence-electron chi connectivity index (χ2n) is 6.71. The Bertz CT molecular complexity index is 329. The molecule has 0 aliphatic rings. The summed E-state index contributed by atoms with van der Waals surface area (Å²) in [4.78, 5) is 24.7.